The van der Waals surface area contributed by atoms with Gasteiger partial charge in [0.1, 0.15) is 5.52 Å². The molecule has 3 aromatic carbocycles. The van der Waals surface area contributed by atoms with Gasteiger partial charge in [-0.3, -0.25) is 4.79 Å². The lowest BCUT2D eigenvalue weighted by molar-refractivity contribution is 0.102. The van der Waals surface area contributed by atoms with E-state index in [1.54, 1.807) is 0 Å². The van der Waals surface area contributed by atoms with Crippen molar-refractivity contribution in [1.29, 1.82) is 0 Å². The van der Waals surface area contributed by atoms with Gasteiger partial charge in [-0.1, -0.05) is 36.4 Å². The minimum absolute atomic E-state index is 0.114. The van der Waals surface area contributed by atoms with Crippen molar-refractivity contribution in [2.24, 2.45) is 0 Å². The molecule has 2 heterocycles. The monoisotopic (exact) mass is 440 g/mol. The van der Waals surface area contributed by atoms with Crippen LogP contribution >= 0.6 is 0 Å². The maximum atomic E-state index is 12.7. The number of fused-ring (bicyclic) bond motifs is 1. The minimum atomic E-state index is -0.114. The third kappa shape index (κ3) is 4.73. The summed E-state index contributed by atoms with van der Waals surface area (Å²) < 4.78 is 1.87. The number of anilines is 2. The number of hydrogen-bond acceptors (Lipinski definition) is 5. The molecule has 1 fully saturated rings. The maximum absolute atomic E-state index is 12.7. The number of nitrogens with zero attached hydrogens (tertiary/aromatic N) is 5. The van der Waals surface area contributed by atoms with E-state index in [2.05, 4.69) is 44.5 Å². The molecular weight excluding hydrogens is 412 g/mol. The minimum Gasteiger partial charge on any atom is -0.369 e. The lowest BCUT2D eigenvalue weighted by Crippen LogP contribution is -2.46. The van der Waals surface area contributed by atoms with Crippen LogP contribution in [0, 0.1) is 0 Å². The number of amides is 1. The van der Waals surface area contributed by atoms with Crippen molar-refractivity contribution < 1.29 is 4.79 Å². The number of carbonyl (C=O) groups is 1. The zero-order chi connectivity index (χ0) is 22.6. The van der Waals surface area contributed by atoms with E-state index in [1.165, 1.54) is 5.69 Å². The quantitative estimate of drug-likeness (QED) is 0.493. The van der Waals surface area contributed by atoms with Gasteiger partial charge in [-0.25, -0.2) is 4.68 Å². The second kappa shape index (κ2) is 9.42. The average molecular weight is 441 g/mol. The van der Waals surface area contributed by atoms with Crippen LogP contribution in [0.5, 0.6) is 0 Å². The van der Waals surface area contributed by atoms with E-state index < -0.39 is 0 Å². The lowest BCUT2D eigenvalue weighted by Gasteiger charge is -2.35. The van der Waals surface area contributed by atoms with E-state index in [-0.39, 0.29) is 5.91 Å². The number of piperazine rings is 1. The number of rotatable bonds is 6. The Labute approximate surface area is 193 Å². The Balaban J connectivity index is 1.19. The van der Waals surface area contributed by atoms with Crippen molar-refractivity contribution in [3.63, 3.8) is 0 Å². The molecule has 0 aliphatic carbocycles. The summed E-state index contributed by atoms with van der Waals surface area (Å²) >= 11 is 0. The van der Waals surface area contributed by atoms with Crippen LogP contribution in [0.1, 0.15) is 22.8 Å². The summed E-state index contributed by atoms with van der Waals surface area (Å²) in [6.45, 7) is 8.19. The summed E-state index contributed by atoms with van der Waals surface area (Å²) in [6, 6.07) is 23.6. The topological polar surface area (TPSA) is 66.3 Å². The van der Waals surface area contributed by atoms with Crippen LogP contribution in [0.25, 0.3) is 11.0 Å². The highest BCUT2D eigenvalue weighted by atomic mass is 16.1. The van der Waals surface area contributed by atoms with E-state index in [4.69, 9.17) is 0 Å². The predicted octanol–water partition coefficient (Wildman–Crippen LogP) is 3.87. The number of hydrogen-bond donors (Lipinski definition) is 1. The van der Waals surface area contributed by atoms with Gasteiger partial charge in [-0.15, -0.1) is 5.10 Å². The predicted molar refractivity (Wildman–Crippen MR) is 132 cm³/mol. The second-order valence-corrected chi connectivity index (χ2v) is 8.36. The molecule has 0 saturated carbocycles. The van der Waals surface area contributed by atoms with Gasteiger partial charge in [0.25, 0.3) is 5.91 Å². The van der Waals surface area contributed by atoms with Crippen molar-refractivity contribution in [2.45, 2.75) is 13.5 Å². The highest BCUT2D eigenvalue weighted by molar-refractivity contribution is 6.04. The van der Waals surface area contributed by atoms with Crippen LogP contribution in [0.15, 0.2) is 72.8 Å². The molecule has 0 bridgehead atoms. The number of benzene rings is 3. The molecule has 168 valence electrons. The normalized spacial score (nSPS) is 14.5. The number of carbonyl (C=O) groups excluding carboxylic acids is 1. The molecule has 0 spiro atoms. The van der Waals surface area contributed by atoms with Crippen LogP contribution in [0.2, 0.25) is 0 Å². The van der Waals surface area contributed by atoms with E-state index in [0.717, 1.165) is 55.0 Å². The highest BCUT2D eigenvalue weighted by Crippen LogP contribution is 2.20. The van der Waals surface area contributed by atoms with Crippen LogP contribution in [-0.4, -0.2) is 58.5 Å². The molecular formula is C26H28N6O. The van der Waals surface area contributed by atoms with Gasteiger partial charge < -0.3 is 15.1 Å². The molecule has 0 unspecified atom stereocenters. The maximum Gasteiger partial charge on any atom is 0.255 e. The molecule has 7 nitrogen and oxygen atoms in total. The molecule has 1 aliphatic heterocycles. The molecule has 1 amide bonds. The Hall–Kier alpha value is -3.71. The number of likely N-dealkylation sites (N-methyl/N-ethyl adjacent to an activating group) is 1. The molecule has 4 aromatic rings. The average Bonchev–Trinajstić information content (AvgIpc) is 3.28. The Morgan fingerprint density at radius 2 is 1.64 bits per heavy atom. The fourth-order valence-electron chi connectivity index (χ4n) is 4.25. The van der Waals surface area contributed by atoms with Crippen molar-refractivity contribution in [2.75, 3.05) is 42.9 Å². The van der Waals surface area contributed by atoms with Crippen molar-refractivity contribution in [3.8, 4) is 0 Å². The van der Waals surface area contributed by atoms with E-state index in [9.17, 15) is 4.79 Å². The van der Waals surface area contributed by atoms with Crippen molar-refractivity contribution in [1.82, 2.24) is 19.9 Å². The summed E-state index contributed by atoms with van der Waals surface area (Å²) in [5.41, 5.74) is 5.57. The number of para-hydroxylation sites is 1. The summed E-state index contributed by atoms with van der Waals surface area (Å²) in [4.78, 5) is 17.6. The molecule has 1 saturated heterocycles. The zero-order valence-corrected chi connectivity index (χ0v) is 18.8. The molecule has 5 rings (SSSR count). The first-order valence-electron chi connectivity index (χ1n) is 11.5. The molecule has 0 radical (unpaired) electrons. The van der Waals surface area contributed by atoms with Crippen LogP contribution in [0.3, 0.4) is 0 Å². The third-order valence-corrected chi connectivity index (χ3v) is 6.28. The summed E-state index contributed by atoms with van der Waals surface area (Å²) in [5, 5.41) is 11.4. The third-order valence-electron chi connectivity index (χ3n) is 6.28. The Morgan fingerprint density at radius 1 is 0.909 bits per heavy atom. The molecule has 1 aromatic heterocycles. The molecule has 33 heavy (non-hydrogen) atoms. The lowest BCUT2D eigenvalue weighted by atomic mass is 10.1. The first-order chi connectivity index (χ1) is 16.2. The first-order valence-corrected chi connectivity index (χ1v) is 11.5. The van der Waals surface area contributed by atoms with Gasteiger partial charge >= 0.3 is 0 Å². The van der Waals surface area contributed by atoms with Gasteiger partial charge in [-0.05, 0) is 60.6 Å². The van der Waals surface area contributed by atoms with Crippen LogP contribution in [0.4, 0.5) is 11.4 Å². The van der Waals surface area contributed by atoms with Crippen LogP contribution < -0.4 is 10.2 Å². The standard InChI is InChI=1S/C26H28N6O/c1-2-30-15-17-31(18-16-30)23-13-11-22(12-14-23)27-26(33)21-9-7-20(8-10-21)19-32-25-6-4-3-5-24(25)28-29-32/h3-14H,2,15-19H2,1H3,(H,27,33). The molecule has 1 aliphatic rings. The molecule has 1 N–H and O–H groups in total. The Kier molecular flexibility index (Phi) is 6.04. The van der Waals surface area contributed by atoms with Gasteiger partial charge in [0.15, 0.2) is 0 Å². The van der Waals surface area contributed by atoms with Crippen LogP contribution in [-0.2, 0) is 6.54 Å². The first kappa shape index (κ1) is 21.2. The van der Waals surface area contributed by atoms with Gasteiger partial charge in [-0.2, -0.15) is 0 Å². The summed E-state index contributed by atoms with van der Waals surface area (Å²) in [7, 11) is 0. The smallest absolute Gasteiger partial charge is 0.255 e. The van der Waals surface area contributed by atoms with E-state index in [1.807, 2.05) is 65.3 Å². The zero-order valence-electron chi connectivity index (χ0n) is 18.8. The second-order valence-electron chi connectivity index (χ2n) is 8.36. The van der Waals surface area contributed by atoms with E-state index >= 15 is 0 Å². The fourth-order valence-corrected chi connectivity index (χ4v) is 4.25. The molecule has 7 heteroatoms. The van der Waals surface area contributed by atoms with Gasteiger partial charge in [0, 0.05) is 43.1 Å². The number of aromatic nitrogens is 3. The Morgan fingerprint density at radius 3 is 2.36 bits per heavy atom. The van der Waals surface area contributed by atoms with Crippen molar-refractivity contribution in [3.05, 3.63) is 83.9 Å². The fraction of sp³-hybridized carbons (Fsp3) is 0.269. The SMILES string of the molecule is CCN1CCN(c2ccc(NC(=O)c3ccc(Cn4nnc5ccccc54)cc3)cc2)CC1. The largest absolute Gasteiger partial charge is 0.369 e. The molecule has 0 atom stereocenters. The Bertz CT molecular complexity index is 1220. The highest BCUT2D eigenvalue weighted by Gasteiger charge is 2.16. The van der Waals surface area contributed by atoms with Gasteiger partial charge in [0.05, 0.1) is 12.1 Å². The van der Waals surface area contributed by atoms with Crippen molar-refractivity contribution >= 4 is 28.3 Å². The van der Waals surface area contributed by atoms with Gasteiger partial charge in [0.2, 0.25) is 0 Å². The summed E-state index contributed by atoms with van der Waals surface area (Å²) in [6.07, 6.45) is 0. The number of nitrogens with one attached hydrogen (secondary N) is 1. The van der Waals surface area contributed by atoms with E-state index in [0.29, 0.717) is 12.1 Å². The summed E-state index contributed by atoms with van der Waals surface area (Å²) in [5.74, 6) is -0.114.